The second-order valence-electron chi connectivity index (χ2n) is 8.70. The number of nitrogens with zero attached hydrogens (tertiary/aromatic N) is 4. The molecule has 1 fully saturated rings. The average molecular weight is 440 g/mol. The number of benzene rings is 1. The van der Waals surface area contributed by atoms with Crippen molar-refractivity contribution in [2.24, 2.45) is 5.92 Å². The van der Waals surface area contributed by atoms with Gasteiger partial charge in [-0.15, -0.1) is 0 Å². The maximum Gasteiger partial charge on any atom is 0.274 e. The predicted octanol–water partition coefficient (Wildman–Crippen LogP) is 3.87. The Kier molecular flexibility index (Phi) is 9.00. The molecule has 0 unspecified atom stereocenters. The van der Waals surface area contributed by atoms with E-state index in [4.69, 9.17) is 5.11 Å². The summed E-state index contributed by atoms with van der Waals surface area (Å²) in [5.74, 6) is 1.36. The van der Waals surface area contributed by atoms with E-state index in [1.165, 1.54) is 24.7 Å². The van der Waals surface area contributed by atoms with Crippen molar-refractivity contribution in [3.8, 4) is 0 Å². The van der Waals surface area contributed by atoms with Crippen molar-refractivity contribution in [3.63, 3.8) is 0 Å². The number of hydrogen-bond donors (Lipinski definition) is 2. The first-order valence-corrected chi connectivity index (χ1v) is 11.8. The molecule has 1 aromatic heterocycles. The van der Waals surface area contributed by atoms with Gasteiger partial charge in [-0.05, 0) is 62.3 Å². The third-order valence-corrected chi connectivity index (χ3v) is 5.90. The van der Waals surface area contributed by atoms with Crippen LogP contribution in [0.2, 0.25) is 0 Å². The van der Waals surface area contributed by atoms with Crippen LogP contribution in [0.5, 0.6) is 0 Å². The van der Waals surface area contributed by atoms with E-state index in [0.29, 0.717) is 5.69 Å². The average Bonchev–Trinajstić information content (AvgIpc) is 3.62. The number of amides is 1. The summed E-state index contributed by atoms with van der Waals surface area (Å²) in [5.41, 5.74) is 3.39. The lowest BCUT2D eigenvalue weighted by atomic mass is 10.1. The van der Waals surface area contributed by atoms with Crippen LogP contribution in [0.3, 0.4) is 0 Å². The Hall–Kier alpha value is -2.51. The van der Waals surface area contributed by atoms with Crippen molar-refractivity contribution in [2.45, 2.75) is 53.0 Å². The SMILES string of the molecule is CCCN(CC1CC1)c1cc(C(=O)Nc2ccc(CN(CC)CCCO)cc2C)ncn1. The second-order valence-corrected chi connectivity index (χ2v) is 8.70. The van der Waals surface area contributed by atoms with Gasteiger partial charge in [-0.25, -0.2) is 9.97 Å². The fourth-order valence-corrected chi connectivity index (χ4v) is 3.88. The van der Waals surface area contributed by atoms with Crippen molar-refractivity contribution in [2.75, 3.05) is 43.0 Å². The lowest BCUT2D eigenvalue weighted by Gasteiger charge is -2.23. The molecule has 1 aliphatic rings. The molecule has 32 heavy (non-hydrogen) atoms. The van der Waals surface area contributed by atoms with Crippen LogP contribution >= 0.6 is 0 Å². The molecule has 0 bridgehead atoms. The number of rotatable bonds is 13. The number of nitrogens with one attached hydrogen (secondary N) is 1. The van der Waals surface area contributed by atoms with Crippen LogP contribution in [0, 0.1) is 12.8 Å². The summed E-state index contributed by atoms with van der Waals surface area (Å²) in [5, 5.41) is 12.1. The highest BCUT2D eigenvalue weighted by Gasteiger charge is 2.25. The monoisotopic (exact) mass is 439 g/mol. The number of aromatic nitrogens is 2. The summed E-state index contributed by atoms with van der Waals surface area (Å²) in [6, 6.07) is 7.92. The predicted molar refractivity (Wildman–Crippen MR) is 129 cm³/mol. The van der Waals surface area contributed by atoms with Crippen LogP contribution in [-0.4, -0.2) is 58.7 Å². The molecule has 3 rings (SSSR count). The molecule has 1 aliphatic carbocycles. The van der Waals surface area contributed by atoms with E-state index in [1.807, 2.05) is 19.1 Å². The highest BCUT2D eigenvalue weighted by Crippen LogP contribution is 2.31. The van der Waals surface area contributed by atoms with Crippen molar-refractivity contribution in [3.05, 3.63) is 47.4 Å². The zero-order chi connectivity index (χ0) is 22.9. The minimum Gasteiger partial charge on any atom is -0.396 e. The van der Waals surface area contributed by atoms with Crippen LogP contribution in [-0.2, 0) is 6.54 Å². The largest absolute Gasteiger partial charge is 0.396 e. The van der Waals surface area contributed by atoms with Gasteiger partial charge >= 0.3 is 0 Å². The zero-order valence-corrected chi connectivity index (χ0v) is 19.7. The number of aryl methyl sites for hydroxylation is 1. The summed E-state index contributed by atoms with van der Waals surface area (Å²) in [6.45, 7) is 11.1. The molecule has 1 heterocycles. The normalized spacial score (nSPS) is 13.4. The molecule has 0 radical (unpaired) electrons. The Balaban J connectivity index is 1.66. The smallest absolute Gasteiger partial charge is 0.274 e. The molecular weight excluding hydrogens is 402 g/mol. The standard InChI is InChI=1S/C25H37N5O2/c1-4-11-30(17-20-7-8-20)24-15-23(26-18-27-24)25(32)28-22-10-9-21(14-19(22)3)16-29(5-2)12-6-13-31/h9-10,14-15,18,20,31H,4-8,11-13,16-17H2,1-3H3,(H,28,32). The molecule has 1 saturated carbocycles. The highest BCUT2D eigenvalue weighted by atomic mass is 16.3. The van der Waals surface area contributed by atoms with E-state index in [-0.39, 0.29) is 12.5 Å². The van der Waals surface area contributed by atoms with Gasteiger partial charge in [0.2, 0.25) is 0 Å². The van der Waals surface area contributed by atoms with E-state index in [1.54, 1.807) is 6.07 Å². The van der Waals surface area contributed by atoms with Gasteiger partial charge in [0, 0.05) is 44.5 Å². The van der Waals surface area contributed by atoms with E-state index >= 15 is 0 Å². The first-order valence-electron chi connectivity index (χ1n) is 11.8. The molecule has 0 spiro atoms. The van der Waals surface area contributed by atoms with Gasteiger partial charge in [0.1, 0.15) is 17.8 Å². The maximum atomic E-state index is 12.9. The van der Waals surface area contributed by atoms with Crippen molar-refractivity contribution in [1.82, 2.24) is 14.9 Å². The van der Waals surface area contributed by atoms with Crippen molar-refractivity contribution < 1.29 is 9.90 Å². The zero-order valence-electron chi connectivity index (χ0n) is 19.7. The molecule has 0 saturated heterocycles. The maximum absolute atomic E-state index is 12.9. The number of anilines is 2. The van der Waals surface area contributed by atoms with Crippen LogP contribution in [0.25, 0.3) is 0 Å². The minimum atomic E-state index is -0.217. The molecule has 2 aromatic rings. The third-order valence-electron chi connectivity index (χ3n) is 5.90. The number of carbonyl (C=O) groups excluding carboxylic acids is 1. The fourth-order valence-electron chi connectivity index (χ4n) is 3.88. The first kappa shape index (κ1) is 24.1. The Labute approximate surface area is 191 Å². The number of aliphatic hydroxyl groups excluding tert-OH is 1. The number of hydrogen-bond acceptors (Lipinski definition) is 6. The highest BCUT2D eigenvalue weighted by molar-refractivity contribution is 6.03. The van der Waals surface area contributed by atoms with E-state index in [9.17, 15) is 4.79 Å². The molecule has 1 aromatic carbocycles. The summed E-state index contributed by atoms with van der Waals surface area (Å²) in [7, 11) is 0. The first-order chi connectivity index (χ1) is 15.5. The van der Waals surface area contributed by atoms with Crippen LogP contribution in [0.4, 0.5) is 11.5 Å². The molecule has 7 heteroatoms. The molecule has 1 amide bonds. The Bertz CT molecular complexity index is 884. The van der Waals surface area contributed by atoms with Crippen LogP contribution < -0.4 is 10.2 Å². The second kappa shape index (κ2) is 11.9. The molecule has 174 valence electrons. The topological polar surface area (TPSA) is 81.6 Å². The van der Waals surface area contributed by atoms with Crippen LogP contribution in [0.1, 0.15) is 61.1 Å². The number of aliphatic hydroxyl groups is 1. The quantitative estimate of drug-likeness (QED) is 0.493. The Morgan fingerprint density at radius 2 is 2.00 bits per heavy atom. The van der Waals surface area contributed by atoms with Gasteiger partial charge in [-0.3, -0.25) is 9.69 Å². The molecule has 2 N–H and O–H groups in total. The summed E-state index contributed by atoms with van der Waals surface area (Å²) >= 11 is 0. The van der Waals surface area contributed by atoms with Gasteiger partial charge in [0.15, 0.2) is 0 Å². The van der Waals surface area contributed by atoms with Gasteiger partial charge in [0.25, 0.3) is 5.91 Å². The minimum absolute atomic E-state index is 0.210. The lowest BCUT2D eigenvalue weighted by molar-refractivity contribution is 0.102. The van der Waals surface area contributed by atoms with Gasteiger partial charge < -0.3 is 15.3 Å². The lowest BCUT2D eigenvalue weighted by Crippen LogP contribution is -2.28. The van der Waals surface area contributed by atoms with Crippen molar-refractivity contribution in [1.29, 1.82) is 0 Å². The molecule has 0 atom stereocenters. The van der Waals surface area contributed by atoms with E-state index in [0.717, 1.165) is 68.6 Å². The molecular formula is C25H37N5O2. The summed E-state index contributed by atoms with van der Waals surface area (Å²) in [6.07, 6.45) is 5.87. The van der Waals surface area contributed by atoms with Crippen LogP contribution in [0.15, 0.2) is 30.6 Å². The number of carbonyl (C=O) groups is 1. The third kappa shape index (κ3) is 7.00. The van der Waals surface area contributed by atoms with Gasteiger partial charge in [-0.1, -0.05) is 26.0 Å². The molecule has 0 aliphatic heterocycles. The van der Waals surface area contributed by atoms with E-state index in [2.05, 4.69) is 45.0 Å². The molecule has 7 nitrogen and oxygen atoms in total. The van der Waals surface area contributed by atoms with Crippen molar-refractivity contribution >= 4 is 17.4 Å². The summed E-state index contributed by atoms with van der Waals surface area (Å²) in [4.78, 5) is 26.1. The Morgan fingerprint density at radius 3 is 2.66 bits per heavy atom. The van der Waals surface area contributed by atoms with Gasteiger partial charge in [-0.2, -0.15) is 0 Å². The fraction of sp³-hybridized carbons (Fsp3) is 0.560. The Morgan fingerprint density at radius 1 is 1.19 bits per heavy atom. The van der Waals surface area contributed by atoms with E-state index < -0.39 is 0 Å². The van der Waals surface area contributed by atoms with Gasteiger partial charge in [0.05, 0.1) is 0 Å². The summed E-state index contributed by atoms with van der Waals surface area (Å²) < 4.78 is 0.